The quantitative estimate of drug-likeness (QED) is 0.311. The lowest BCUT2D eigenvalue weighted by Gasteiger charge is -2.54. The summed E-state index contributed by atoms with van der Waals surface area (Å²) in [5.41, 5.74) is -0.824. The number of hydrogen-bond donors (Lipinski definition) is 0. The summed E-state index contributed by atoms with van der Waals surface area (Å²) in [6, 6.07) is 0. The van der Waals surface area contributed by atoms with Crippen LogP contribution in [0.2, 0.25) is 0 Å². The minimum absolute atomic E-state index is 0.0912. The summed E-state index contributed by atoms with van der Waals surface area (Å²) in [4.78, 5) is 27.8. The molecule has 9 rings (SSSR count). The smallest absolute Gasteiger partial charge is 0.321 e. The van der Waals surface area contributed by atoms with E-state index in [1.165, 1.54) is 25.7 Å². The highest BCUT2D eigenvalue weighted by molar-refractivity contribution is 9.09. The molecule has 1 heterocycles. The van der Waals surface area contributed by atoms with Crippen molar-refractivity contribution in [2.24, 2.45) is 70.0 Å². The minimum Gasteiger partial charge on any atom is -0.392 e. The third kappa shape index (κ3) is 0.954. The van der Waals surface area contributed by atoms with Crippen LogP contribution in [0.4, 0.5) is 0 Å². The maximum Gasteiger partial charge on any atom is 0.321 e. The molecule has 8 aliphatic carbocycles. The van der Waals surface area contributed by atoms with Crippen molar-refractivity contribution in [3.63, 3.8) is 0 Å². The number of cyclic esters (lactones) is 2. The number of esters is 2. The predicted molar refractivity (Wildman–Crippen MR) is 94.8 cm³/mol. The molecular formula is C20H20Br2O3. The monoisotopic (exact) mass is 466 g/mol. The molecule has 0 amide bonds. The van der Waals surface area contributed by atoms with E-state index in [2.05, 4.69) is 31.9 Å². The molecule has 5 heteroatoms. The molecule has 0 aromatic heterocycles. The van der Waals surface area contributed by atoms with Crippen LogP contribution in [-0.2, 0) is 14.3 Å². The van der Waals surface area contributed by atoms with Crippen molar-refractivity contribution in [2.75, 3.05) is 0 Å². The summed E-state index contributed by atoms with van der Waals surface area (Å²) in [6.45, 7) is 0. The molecule has 132 valence electrons. The van der Waals surface area contributed by atoms with Crippen LogP contribution in [0.15, 0.2) is 0 Å². The highest BCUT2D eigenvalue weighted by Gasteiger charge is 3.03. The first-order chi connectivity index (χ1) is 12.1. The Morgan fingerprint density at radius 2 is 1.12 bits per heavy atom. The summed E-state index contributed by atoms with van der Waals surface area (Å²) in [5.74, 6) is 5.45. The summed E-state index contributed by atoms with van der Waals surface area (Å²) in [6.07, 6.45) is 4.93. The molecule has 9 fully saturated rings. The molecule has 2 spiro atoms. The van der Waals surface area contributed by atoms with Gasteiger partial charge in [-0.25, -0.2) is 0 Å². The molecule has 0 N–H and O–H groups in total. The summed E-state index contributed by atoms with van der Waals surface area (Å²) in [5, 5.41) is 0. The van der Waals surface area contributed by atoms with Crippen molar-refractivity contribution in [1.29, 1.82) is 0 Å². The molecule has 8 saturated carbocycles. The van der Waals surface area contributed by atoms with Gasteiger partial charge in [-0.15, -0.1) is 0 Å². The lowest BCUT2D eigenvalue weighted by Crippen LogP contribution is -2.61. The van der Waals surface area contributed by atoms with Gasteiger partial charge in [0.15, 0.2) is 0 Å². The Hall–Kier alpha value is 0.1000. The van der Waals surface area contributed by atoms with Gasteiger partial charge in [0, 0.05) is 9.65 Å². The molecule has 8 bridgehead atoms. The Balaban J connectivity index is 1.45. The second-order valence-corrected chi connectivity index (χ2v) is 12.7. The number of carbonyl (C=O) groups excluding carboxylic acids is 2. The molecule has 0 radical (unpaired) electrons. The van der Waals surface area contributed by atoms with Crippen LogP contribution in [0, 0.1) is 70.0 Å². The summed E-state index contributed by atoms with van der Waals surface area (Å²) < 4.78 is 5.54. The van der Waals surface area contributed by atoms with E-state index in [9.17, 15) is 9.59 Å². The van der Waals surface area contributed by atoms with E-state index in [1.54, 1.807) is 0 Å². The number of fused-ring (bicyclic) bond motifs is 2. The van der Waals surface area contributed by atoms with Crippen LogP contribution in [0.1, 0.15) is 25.7 Å². The van der Waals surface area contributed by atoms with Crippen molar-refractivity contribution < 1.29 is 14.3 Å². The van der Waals surface area contributed by atoms with Crippen molar-refractivity contribution in [3.05, 3.63) is 0 Å². The maximum absolute atomic E-state index is 13.4. The Morgan fingerprint density at radius 1 is 0.680 bits per heavy atom. The van der Waals surface area contributed by atoms with Gasteiger partial charge in [-0.1, -0.05) is 31.9 Å². The highest BCUT2D eigenvalue weighted by Crippen LogP contribution is 2.99. The third-order valence-electron chi connectivity index (χ3n) is 10.9. The van der Waals surface area contributed by atoms with Gasteiger partial charge in [-0.05, 0) is 84.9 Å². The third-order valence-corrected chi connectivity index (χ3v) is 13.0. The zero-order valence-electron chi connectivity index (χ0n) is 13.7. The van der Waals surface area contributed by atoms with Gasteiger partial charge in [-0.2, -0.15) is 0 Å². The molecule has 0 aromatic carbocycles. The van der Waals surface area contributed by atoms with Gasteiger partial charge < -0.3 is 4.74 Å². The number of halogens is 2. The first-order valence-corrected chi connectivity index (χ1v) is 12.0. The highest BCUT2D eigenvalue weighted by atomic mass is 79.9. The van der Waals surface area contributed by atoms with Crippen LogP contribution in [0.5, 0.6) is 0 Å². The standard InChI is InChI=1S/C20H20Br2O3/c21-7-3-1-5-9(7)15-11-12-14-6-2-4-8(22)10(6)16(12)19(13(5)11)17(23)25-18(24)20(14,15)19/h5-16H,1-4H2/t5-,6-,7+,8+,9-,10+,11+,12+,13+,14-,15+,16-,19-,20-/m1/s1. The summed E-state index contributed by atoms with van der Waals surface area (Å²) >= 11 is 7.93. The van der Waals surface area contributed by atoms with Gasteiger partial charge >= 0.3 is 11.9 Å². The van der Waals surface area contributed by atoms with Gasteiger partial charge in [0.05, 0.1) is 10.8 Å². The van der Waals surface area contributed by atoms with Crippen molar-refractivity contribution in [1.82, 2.24) is 0 Å². The maximum atomic E-state index is 13.4. The fraction of sp³-hybridized carbons (Fsp3) is 0.900. The normalized spacial score (nSPS) is 75.0. The van der Waals surface area contributed by atoms with E-state index in [0.29, 0.717) is 68.8 Å². The van der Waals surface area contributed by atoms with E-state index < -0.39 is 10.8 Å². The Kier molecular flexibility index (Phi) is 2.08. The zero-order chi connectivity index (χ0) is 16.6. The predicted octanol–water partition coefficient (Wildman–Crippen LogP) is 3.39. The zero-order valence-corrected chi connectivity index (χ0v) is 16.9. The lowest BCUT2D eigenvalue weighted by molar-refractivity contribution is -0.163. The number of alkyl halides is 2. The van der Waals surface area contributed by atoms with Gasteiger partial charge in [0.25, 0.3) is 0 Å². The average molecular weight is 468 g/mol. The molecule has 9 aliphatic rings. The van der Waals surface area contributed by atoms with Gasteiger partial charge in [0.1, 0.15) is 0 Å². The second-order valence-electron chi connectivity index (χ2n) is 10.3. The number of ether oxygens (including phenoxy) is 1. The summed E-state index contributed by atoms with van der Waals surface area (Å²) in [7, 11) is 0. The molecule has 0 aromatic rings. The van der Waals surface area contributed by atoms with E-state index in [-0.39, 0.29) is 11.9 Å². The Bertz CT molecular complexity index is 734. The molecule has 14 atom stereocenters. The topological polar surface area (TPSA) is 43.4 Å². The molecule has 3 nitrogen and oxygen atoms in total. The second kappa shape index (κ2) is 3.68. The average Bonchev–Trinajstić information content (AvgIpc) is 3.35. The molecule has 25 heavy (non-hydrogen) atoms. The van der Waals surface area contributed by atoms with E-state index in [1.807, 2.05) is 0 Å². The van der Waals surface area contributed by atoms with E-state index >= 15 is 0 Å². The lowest BCUT2D eigenvalue weighted by atomic mass is 9.45. The molecule has 1 aliphatic heterocycles. The van der Waals surface area contributed by atoms with Crippen LogP contribution < -0.4 is 0 Å². The minimum atomic E-state index is -0.412. The Labute approximate surface area is 163 Å². The van der Waals surface area contributed by atoms with Crippen LogP contribution in [0.3, 0.4) is 0 Å². The largest absolute Gasteiger partial charge is 0.392 e. The van der Waals surface area contributed by atoms with Crippen LogP contribution >= 0.6 is 31.9 Å². The molecular weight excluding hydrogens is 448 g/mol. The van der Waals surface area contributed by atoms with Gasteiger partial charge in [-0.3, -0.25) is 9.59 Å². The molecule has 1 saturated heterocycles. The first-order valence-electron chi connectivity index (χ1n) is 10.1. The van der Waals surface area contributed by atoms with Crippen molar-refractivity contribution in [3.8, 4) is 0 Å². The number of rotatable bonds is 0. The SMILES string of the molecule is O=C1OC(=O)[C@]23[C@H]4[C@H]5[C@@H]6[C@H]([C@@H]7[C@@H](CC[C@@H]7Br)[C@@H]62)[C@]13[C@@H]5[C@@H]1CC[C@H](Br)[C@H]14. The van der Waals surface area contributed by atoms with Crippen LogP contribution in [-0.4, -0.2) is 21.6 Å². The number of carbonyl (C=O) groups is 2. The van der Waals surface area contributed by atoms with E-state index in [4.69, 9.17) is 4.74 Å². The number of hydrogen-bond acceptors (Lipinski definition) is 3. The Morgan fingerprint density at radius 3 is 1.56 bits per heavy atom. The van der Waals surface area contributed by atoms with Crippen molar-refractivity contribution >= 4 is 43.8 Å². The van der Waals surface area contributed by atoms with Gasteiger partial charge in [0.2, 0.25) is 0 Å². The first kappa shape index (κ1) is 14.1. The van der Waals surface area contributed by atoms with Crippen molar-refractivity contribution in [2.45, 2.75) is 35.3 Å². The van der Waals surface area contributed by atoms with E-state index in [0.717, 1.165) is 0 Å². The van der Waals surface area contributed by atoms with Crippen LogP contribution in [0.25, 0.3) is 0 Å². The molecule has 0 unspecified atom stereocenters. The fourth-order valence-electron chi connectivity index (χ4n) is 11.5. The fourth-order valence-corrected chi connectivity index (χ4v) is 13.5.